The summed E-state index contributed by atoms with van der Waals surface area (Å²) in [6, 6.07) is 19.7. The van der Waals surface area contributed by atoms with Crippen LogP contribution in [0.2, 0.25) is 0 Å². The lowest BCUT2D eigenvalue weighted by atomic mass is 9.99. The van der Waals surface area contributed by atoms with Crippen molar-refractivity contribution in [2.75, 3.05) is 0 Å². The molecule has 0 fully saturated rings. The number of hydrogen-bond acceptors (Lipinski definition) is 3. The number of hydrogen-bond donors (Lipinski definition) is 0. The quantitative estimate of drug-likeness (QED) is 0.397. The molecule has 4 aromatic rings. The first-order chi connectivity index (χ1) is 14.8. The Kier molecular flexibility index (Phi) is 4.18. The van der Waals surface area contributed by atoms with Crippen LogP contribution in [0.25, 0.3) is 11.0 Å². The first-order valence-electron chi connectivity index (χ1n) is 9.77. The van der Waals surface area contributed by atoms with Crippen molar-refractivity contribution in [3.05, 3.63) is 95.1 Å². The van der Waals surface area contributed by atoms with Gasteiger partial charge in [-0.15, -0.1) is 0 Å². The van der Waals surface area contributed by atoms with Crippen molar-refractivity contribution >= 4 is 22.9 Å². The van der Waals surface area contributed by atoms with Gasteiger partial charge in [0.2, 0.25) is 11.8 Å². The number of imidazole rings is 1. The molecule has 0 unspecified atom stereocenters. The number of rotatable bonds is 2. The second kappa shape index (κ2) is 6.70. The molecule has 0 amide bonds. The Bertz CT molecular complexity index is 1310. The van der Waals surface area contributed by atoms with Gasteiger partial charge < -0.3 is 4.74 Å². The second-order valence-electron chi connectivity index (χ2n) is 7.57. The van der Waals surface area contributed by atoms with Crippen LogP contribution < -0.4 is 0 Å². The summed E-state index contributed by atoms with van der Waals surface area (Å²) < 4.78 is 51.9. The molecule has 0 aliphatic carbocycles. The molecule has 0 radical (unpaired) electrons. The molecule has 0 saturated carbocycles. The van der Waals surface area contributed by atoms with E-state index in [9.17, 15) is 0 Å². The third-order valence-corrected chi connectivity index (χ3v) is 5.58. The SMILES string of the molecule is Cc1cc2nc3n(c2cc1C)[C@](c1ccccc1)(C(F)(F)F)OC(c1ccccc1)=N3. The number of ether oxygens (including phenoxy) is 1. The Morgan fingerprint density at radius 1 is 0.871 bits per heavy atom. The summed E-state index contributed by atoms with van der Waals surface area (Å²) in [5.41, 5.74) is 0.125. The number of halogens is 3. The lowest BCUT2D eigenvalue weighted by molar-refractivity contribution is -0.271. The number of alkyl halides is 3. The molecule has 1 aromatic heterocycles. The Balaban J connectivity index is 1.91. The standard InChI is InChI=1S/C24H18F3N3O/c1-15-13-19-20(14-16(15)2)30-22(28-19)29-21(17-9-5-3-6-10-17)31-23(30,24(25,26)27)18-11-7-4-8-12-18/h3-14H,1-2H3/t23-/m0/s1. The van der Waals surface area contributed by atoms with Gasteiger partial charge in [-0.05, 0) is 49.2 Å². The second-order valence-corrected chi connectivity index (χ2v) is 7.57. The molecule has 2 heterocycles. The smallest absolute Gasteiger partial charge is 0.436 e. The number of benzene rings is 3. The number of nitrogens with zero attached hydrogens (tertiary/aromatic N) is 3. The van der Waals surface area contributed by atoms with E-state index >= 15 is 13.2 Å². The van der Waals surface area contributed by atoms with Crippen LogP contribution >= 0.6 is 0 Å². The zero-order valence-corrected chi connectivity index (χ0v) is 16.8. The molecule has 0 bridgehead atoms. The van der Waals surface area contributed by atoms with E-state index in [-0.39, 0.29) is 17.4 Å². The van der Waals surface area contributed by atoms with Gasteiger partial charge in [-0.25, -0.2) is 4.98 Å². The van der Waals surface area contributed by atoms with E-state index in [1.807, 2.05) is 13.8 Å². The largest absolute Gasteiger partial charge is 0.454 e. The van der Waals surface area contributed by atoms with Crippen LogP contribution in [0.5, 0.6) is 0 Å². The maximum absolute atomic E-state index is 15.0. The molecule has 7 heteroatoms. The summed E-state index contributed by atoms with van der Waals surface area (Å²) in [7, 11) is 0. The summed E-state index contributed by atoms with van der Waals surface area (Å²) in [6.45, 7) is 3.76. The van der Waals surface area contributed by atoms with Crippen LogP contribution in [0.4, 0.5) is 19.1 Å². The summed E-state index contributed by atoms with van der Waals surface area (Å²) in [5, 5.41) is 0. The van der Waals surface area contributed by atoms with Crippen LogP contribution in [-0.4, -0.2) is 21.6 Å². The zero-order valence-electron chi connectivity index (χ0n) is 16.8. The number of aryl methyl sites for hydroxylation is 2. The van der Waals surface area contributed by atoms with Gasteiger partial charge in [-0.2, -0.15) is 18.2 Å². The van der Waals surface area contributed by atoms with E-state index in [0.29, 0.717) is 16.6 Å². The van der Waals surface area contributed by atoms with Gasteiger partial charge in [0.15, 0.2) is 0 Å². The highest BCUT2D eigenvalue weighted by atomic mass is 19.4. The van der Waals surface area contributed by atoms with Crippen molar-refractivity contribution in [1.82, 2.24) is 9.55 Å². The molecule has 31 heavy (non-hydrogen) atoms. The molecule has 1 atom stereocenters. The Morgan fingerprint density at radius 2 is 1.48 bits per heavy atom. The summed E-state index contributed by atoms with van der Waals surface area (Å²) in [4.78, 5) is 8.85. The van der Waals surface area contributed by atoms with Gasteiger partial charge in [0.25, 0.3) is 0 Å². The van der Waals surface area contributed by atoms with Crippen LogP contribution in [0.1, 0.15) is 22.3 Å². The van der Waals surface area contributed by atoms with Gasteiger partial charge in [0.05, 0.1) is 11.0 Å². The maximum atomic E-state index is 15.0. The van der Waals surface area contributed by atoms with Crippen molar-refractivity contribution < 1.29 is 17.9 Å². The molecular weight excluding hydrogens is 403 g/mol. The normalized spacial score (nSPS) is 18.4. The third-order valence-electron chi connectivity index (χ3n) is 5.58. The molecule has 156 valence electrons. The molecule has 0 saturated heterocycles. The predicted octanol–water partition coefficient (Wildman–Crippen LogP) is 6.03. The van der Waals surface area contributed by atoms with Crippen LogP contribution in [0, 0.1) is 13.8 Å². The molecule has 0 N–H and O–H groups in total. The number of aromatic nitrogens is 2. The van der Waals surface area contributed by atoms with Gasteiger partial charge >= 0.3 is 11.9 Å². The first-order valence-corrected chi connectivity index (χ1v) is 9.77. The fourth-order valence-electron chi connectivity index (χ4n) is 3.91. The van der Waals surface area contributed by atoms with E-state index in [0.717, 1.165) is 15.7 Å². The van der Waals surface area contributed by atoms with Gasteiger partial charge in [0, 0.05) is 11.1 Å². The molecular formula is C24H18F3N3O. The van der Waals surface area contributed by atoms with Crippen molar-refractivity contribution in [3.63, 3.8) is 0 Å². The zero-order chi connectivity index (χ0) is 21.8. The summed E-state index contributed by atoms with van der Waals surface area (Å²) in [6.07, 6.45) is -4.80. The molecule has 5 rings (SSSR count). The fourth-order valence-corrected chi connectivity index (χ4v) is 3.91. The van der Waals surface area contributed by atoms with E-state index in [1.165, 1.54) is 12.1 Å². The van der Waals surface area contributed by atoms with Crippen molar-refractivity contribution in [2.24, 2.45) is 4.99 Å². The Hall–Kier alpha value is -3.61. The van der Waals surface area contributed by atoms with Crippen molar-refractivity contribution in [3.8, 4) is 0 Å². The third kappa shape index (κ3) is 2.84. The van der Waals surface area contributed by atoms with E-state index in [1.54, 1.807) is 60.7 Å². The highest BCUT2D eigenvalue weighted by Crippen LogP contribution is 2.50. The van der Waals surface area contributed by atoms with E-state index < -0.39 is 11.9 Å². The van der Waals surface area contributed by atoms with E-state index in [2.05, 4.69) is 9.98 Å². The lowest BCUT2D eigenvalue weighted by Gasteiger charge is -2.40. The van der Waals surface area contributed by atoms with Gasteiger partial charge in [-0.1, -0.05) is 48.5 Å². The maximum Gasteiger partial charge on any atom is 0.454 e. The van der Waals surface area contributed by atoms with Crippen LogP contribution in [0.15, 0.2) is 77.8 Å². The summed E-state index contributed by atoms with van der Waals surface area (Å²) in [5.74, 6) is -0.177. The summed E-state index contributed by atoms with van der Waals surface area (Å²) >= 11 is 0. The molecule has 0 spiro atoms. The number of aliphatic imine (C=N–C) groups is 1. The molecule has 4 nitrogen and oxygen atoms in total. The highest BCUT2D eigenvalue weighted by Gasteiger charge is 2.64. The topological polar surface area (TPSA) is 39.4 Å². The lowest BCUT2D eigenvalue weighted by Crippen LogP contribution is -2.53. The molecule has 1 aliphatic heterocycles. The Labute approximate surface area is 176 Å². The average Bonchev–Trinajstić information content (AvgIpc) is 3.11. The predicted molar refractivity (Wildman–Crippen MR) is 113 cm³/mol. The monoisotopic (exact) mass is 421 g/mol. The fraction of sp³-hybridized carbons (Fsp3) is 0.167. The minimum atomic E-state index is -4.80. The van der Waals surface area contributed by atoms with Crippen LogP contribution in [-0.2, 0) is 10.5 Å². The number of fused-ring (bicyclic) bond motifs is 3. The minimum absolute atomic E-state index is 0.0497. The van der Waals surface area contributed by atoms with Gasteiger partial charge in [0.1, 0.15) is 0 Å². The Morgan fingerprint density at radius 3 is 2.13 bits per heavy atom. The van der Waals surface area contributed by atoms with Crippen molar-refractivity contribution in [2.45, 2.75) is 25.7 Å². The van der Waals surface area contributed by atoms with Crippen LogP contribution in [0.3, 0.4) is 0 Å². The molecule has 3 aromatic carbocycles. The average molecular weight is 421 g/mol. The highest BCUT2D eigenvalue weighted by molar-refractivity contribution is 5.97. The van der Waals surface area contributed by atoms with Crippen molar-refractivity contribution in [1.29, 1.82) is 0 Å². The van der Waals surface area contributed by atoms with Gasteiger partial charge in [-0.3, -0.25) is 4.57 Å². The minimum Gasteiger partial charge on any atom is -0.436 e. The molecule has 1 aliphatic rings. The first kappa shape index (κ1) is 19.4. The van der Waals surface area contributed by atoms with E-state index in [4.69, 9.17) is 4.74 Å².